The summed E-state index contributed by atoms with van der Waals surface area (Å²) in [6, 6.07) is 4.22. The number of nitrogens with two attached hydrogens (primary N) is 1. The zero-order valence-corrected chi connectivity index (χ0v) is 12.2. The van der Waals surface area contributed by atoms with E-state index in [2.05, 4.69) is 28.9 Å². The third kappa shape index (κ3) is 3.77. The molecule has 0 saturated heterocycles. The van der Waals surface area contributed by atoms with Crippen LogP contribution in [0.5, 0.6) is 5.75 Å². The Bertz CT molecular complexity index is 533. The molecule has 2 heterocycles. The molecule has 0 spiro atoms. The molecule has 0 radical (unpaired) electrons. The zero-order chi connectivity index (χ0) is 14.5. The van der Waals surface area contributed by atoms with E-state index in [9.17, 15) is 0 Å². The molecule has 0 fully saturated rings. The maximum atomic E-state index is 5.74. The fourth-order valence-corrected chi connectivity index (χ4v) is 1.90. The van der Waals surface area contributed by atoms with E-state index < -0.39 is 0 Å². The minimum absolute atomic E-state index is 0.110. The van der Waals surface area contributed by atoms with E-state index in [4.69, 9.17) is 10.5 Å². The molecule has 0 aromatic carbocycles. The van der Waals surface area contributed by atoms with Crippen LogP contribution in [0.15, 0.2) is 24.7 Å². The fraction of sp³-hybridized carbons (Fsp3) is 0.500. The molecule has 20 heavy (non-hydrogen) atoms. The average Bonchev–Trinajstić information content (AvgIpc) is 2.86. The highest BCUT2D eigenvalue weighted by Gasteiger charge is 2.08. The molecular weight excluding hydrogens is 254 g/mol. The van der Waals surface area contributed by atoms with Crippen molar-refractivity contribution in [1.82, 2.24) is 19.7 Å². The minimum Gasteiger partial charge on any atom is -0.484 e. The number of nitrogens with zero attached hydrogens (tertiary/aromatic N) is 4. The molecule has 6 nitrogen and oxygen atoms in total. The lowest BCUT2D eigenvalue weighted by molar-refractivity contribution is 0.281. The molecule has 2 aromatic heterocycles. The van der Waals surface area contributed by atoms with Gasteiger partial charge in [-0.2, -0.15) is 5.10 Å². The van der Waals surface area contributed by atoms with Gasteiger partial charge in [0.25, 0.3) is 0 Å². The number of pyridine rings is 1. The van der Waals surface area contributed by atoms with Gasteiger partial charge < -0.3 is 10.5 Å². The third-order valence-corrected chi connectivity index (χ3v) is 2.83. The van der Waals surface area contributed by atoms with E-state index in [1.165, 1.54) is 0 Å². The van der Waals surface area contributed by atoms with Crippen molar-refractivity contribution in [1.29, 1.82) is 0 Å². The molecule has 1 atom stereocenters. The van der Waals surface area contributed by atoms with Crippen LogP contribution in [0.25, 0.3) is 0 Å². The molecular formula is C14H21N5O. The SMILES string of the molecule is CC(N)Cc1ccc(OCc2ncnn2C(C)C)cn1. The predicted molar refractivity (Wildman–Crippen MR) is 76.3 cm³/mol. The number of hydrogen-bond acceptors (Lipinski definition) is 5. The second-order valence-corrected chi connectivity index (χ2v) is 5.17. The van der Waals surface area contributed by atoms with Gasteiger partial charge in [0, 0.05) is 24.2 Å². The molecule has 1 unspecified atom stereocenters. The van der Waals surface area contributed by atoms with Crippen molar-refractivity contribution in [3.05, 3.63) is 36.2 Å². The summed E-state index contributed by atoms with van der Waals surface area (Å²) < 4.78 is 7.53. The second-order valence-electron chi connectivity index (χ2n) is 5.17. The van der Waals surface area contributed by atoms with Crippen molar-refractivity contribution >= 4 is 0 Å². The van der Waals surface area contributed by atoms with Crippen molar-refractivity contribution in [3.8, 4) is 5.75 Å². The van der Waals surface area contributed by atoms with Crippen LogP contribution in [0.3, 0.4) is 0 Å². The number of aromatic nitrogens is 4. The predicted octanol–water partition coefficient (Wildman–Crippen LogP) is 1.72. The lowest BCUT2D eigenvalue weighted by Gasteiger charge is -2.10. The highest BCUT2D eigenvalue weighted by molar-refractivity contribution is 5.20. The molecule has 108 valence electrons. The van der Waals surface area contributed by atoms with Crippen LogP contribution >= 0.6 is 0 Å². The summed E-state index contributed by atoms with van der Waals surface area (Å²) >= 11 is 0. The van der Waals surface area contributed by atoms with Gasteiger partial charge in [0.2, 0.25) is 0 Å². The van der Waals surface area contributed by atoms with Crippen LogP contribution in [0.4, 0.5) is 0 Å². The molecule has 0 bridgehead atoms. The first-order valence-electron chi connectivity index (χ1n) is 6.78. The first kappa shape index (κ1) is 14.5. The summed E-state index contributed by atoms with van der Waals surface area (Å²) in [6.45, 7) is 6.46. The van der Waals surface area contributed by atoms with Gasteiger partial charge >= 0.3 is 0 Å². The van der Waals surface area contributed by atoms with Crippen LogP contribution in [-0.4, -0.2) is 25.8 Å². The van der Waals surface area contributed by atoms with Crippen molar-refractivity contribution in [2.75, 3.05) is 0 Å². The Hall–Kier alpha value is -1.95. The van der Waals surface area contributed by atoms with Crippen LogP contribution in [0.1, 0.15) is 38.3 Å². The summed E-state index contributed by atoms with van der Waals surface area (Å²) in [5, 5.41) is 4.17. The molecule has 2 N–H and O–H groups in total. The van der Waals surface area contributed by atoms with E-state index in [0.29, 0.717) is 6.61 Å². The molecule has 0 saturated carbocycles. The molecule has 0 amide bonds. The van der Waals surface area contributed by atoms with Crippen LogP contribution in [-0.2, 0) is 13.0 Å². The van der Waals surface area contributed by atoms with Crippen molar-refractivity contribution in [2.45, 2.75) is 45.9 Å². The lowest BCUT2D eigenvalue weighted by Crippen LogP contribution is -2.18. The van der Waals surface area contributed by atoms with E-state index in [-0.39, 0.29) is 12.1 Å². The van der Waals surface area contributed by atoms with Crippen molar-refractivity contribution in [2.24, 2.45) is 5.73 Å². The van der Waals surface area contributed by atoms with Crippen molar-refractivity contribution < 1.29 is 4.74 Å². The molecule has 0 aliphatic heterocycles. The Morgan fingerprint density at radius 2 is 2.05 bits per heavy atom. The van der Waals surface area contributed by atoms with Gasteiger partial charge in [0.15, 0.2) is 5.82 Å². The van der Waals surface area contributed by atoms with E-state index >= 15 is 0 Å². The van der Waals surface area contributed by atoms with Gasteiger partial charge in [-0.1, -0.05) is 0 Å². The van der Waals surface area contributed by atoms with Gasteiger partial charge in [0.1, 0.15) is 18.7 Å². The van der Waals surface area contributed by atoms with Gasteiger partial charge in [-0.3, -0.25) is 4.98 Å². The smallest absolute Gasteiger partial charge is 0.165 e. The highest BCUT2D eigenvalue weighted by Crippen LogP contribution is 2.13. The van der Waals surface area contributed by atoms with E-state index in [1.807, 2.05) is 23.7 Å². The standard InChI is InChI=1S/C14H21N5O/c1-10(2)19-14(17-9-18-19)8-20-13-5-4-12(16-7-13)6-11(3)15/h4-5,7,9-11H,6,8,15H2,1-3H3. The Morgan fingerprint density at radius 1 is 1.25 bits per heavy atom. The Kier molecular flexibility index (Phi) is 4.68. The van der Waals surface area contributed by atoms with Crippen molar-refractivity contribution in [3.63, 3.8) is 0 Å². The normalized spacial score (nSPS) is 12.7. The van der Waals surface area contributed by atoms with Crippen LogP contribution in [0, 0.1) is 0 Å². The number of ether oxygens (including phenoxy) is 1. The van der Waals surface area contributed by atoms with Gasteiger partial charge in [-0.25, -0.2) is 9.67 Å². The molecule has 0 aliphatic rings. The molecule has 2 rings (SSSR count). The van der Waals surface area contributed by atoms with Gasteiger partial charge in [0.05, 0.1) is 6.20 Å². The zero-order valence-electron chi connectivity index (χ0n) is 12.2. The number of rotatable bonds is 6. The Morgan fingerprint density at radius 3 is 2.65 bits per heavy atom. The summed E-state index contributed by atoms with van der Waals surface area (Å²) in [4.78, 5) is 8.53. The van der Waals surface area contributed by atoms with Gasteiger partial charge in [-0.05, 0) is 32.9 Å². The summed E-state index contributed by atoms with van der Waals surface area (Å²) in [6.07, 6.45) is 4.03. The van der Waals surface area contributed by atoms with E-state index in [1.54, 1.807) is 12.5 Å². The fourth-order valence-electron chi connectivity index (χ4n) is 1.90. The topological polar surface area (TPSA) is 78.9 Å². The Balaban J connectivity index is 1.95. The first-order valence-corrected chi connectivity index (χ1v) is 6.78. The minimum atomic E-state index is 0.110. The van der Waals surface area contributed by atoms with Crippen LogP contribution in [0.2, 0.25) is 0 Å². The summed E-state index contributed by atoms with van der Waals surface area (Å²) in [5.41, 5.74) is 6.71. The third-order valence-electron chi connectivity index (χ3n) is 2.83. The quantitative estimate of drug-likeness (QED) is 0.868. The monoisotopic (exact) mass is 275 g/mol. The van der Waals surface area contributed by atoms with Gasteiger partial charge in [-0.15, -0.1) is 0 Å². The summed E-state index contributed by atoms with van der Waals surface area (Å²) in [7, 11) is 0. The largest absolute Gasteiger partial charge is 0.484 e. The van der Waals surface area contributed by atoms with Crippen LogP contribution < -0.4 is 10.5 Å². The first-order chi connectivity index (χ1) is 9.56. The second kappa shape index (κ2) is 6.47. The lowest BCUT2D eigenvalue weighted by atomic mass is 10.2. The maximum absolute atomic E-state index is 5.74. The Labute approximate surface area is 119 Å². The van der Waals surface area contributed by atoms with E-state index in [0.717, 1.165) is 23.7 Å². The highest BCUT2D eigenvalue weighted by atomic mass is 16.5. The maximum Gasteiger partial charge on any atom is 0.165 e. The average molecular weight is 275 g/mol. The summed E-state index contributed by atoms with van der Waals surface area (Å²) in [5.74, 6) is 1.52. The molecule has 0 aliphatic carbocycles. The number of hydrogen-bond donors (Lipinski definition) is 1. The molecule has 6 heteroatoms. The molecule has 2 aromatic rings.